The summed E-state index contributed by atoms with van der Waals surface area (Å²) in [6, 6.07) is -3.19. The molecular weight excluding hydrogens is 867 g/mol. The van der Waals surface area contributed by atoms with Crippen molar-refractivity contribution in [3.05, 3.63) is 36.5 Å². The normalized spacial score (nSPS) is 21.5. The van der Waals surface area contributed by atoms with E-state index in [4.69, 9.17) is 4.74 Å². The van der Waals surface area contributed by atoms with E-state index in [1.165, 1.54) is 14.0 Å². The Morgan fingerprint density at radius 2 is 1.00 bits per heavy atom. The molecule has 3 saturated heterocycles. The van der Waals surface area contributed by atoms with E-state index in [0.29, 0.717) is 18.5 Å². The van der Waals surface area contributed by atoms with Crippen LogP contribution in [-0.4, -0.2) is 168 Å². The Morgan fingerprint density at radius 1 is 0.632 bits per heavy atom. The zero-order valence-electron chi connectivity index (χ0n) is 45.0. The Hall–Kier alpha value is -4.57. The van der Waals surface area contributed by atoms with Gasteiger partial charge in [0.1, 0.15) is 18.1 Å². The summed E-state index contributed by atoms with van der Waals surface area (Å²) >= 11 is 0. The third kappa shape index (κ3) is 17.4. The topological polar surface area (TPSA) is 189 Å². The standard InChI is InChI=1S/C28H48N4O5.C22H39N3O4.C2H4/c1-18(2)22(17-19(3)25(34)32-16-12-14-21(32)27(36)37-9)31(8)26(35)23(28(4,5)6)29-24(33)20-13-10-11-15-30(20)7;1-14(2)17(13-15(3)21(28)29)25(8)20(27)18(22(4,5)6)23-19(26)16-11-9-10-12-24(16)7;1-2/h17-18,20-23H,10-16H2,1-9H3,(H,29,33);13-14,16-18H,9-12H2,1-8H3,(H,23,26)(H,28,29);1-2H2/b19-17+;15-13+;/t20?,21-,22+,23?;16?,17-,18?;/m01./s1. The van der Waals surface area contributed by atoms with Crippen molar-refractivity contribution in [1.82, 2.24) is 35.1 Å². The van der Waals surface area contributed by atoms with Crippen molar-refractivity contribution in [2.75, 3.05) is 54.9 Å². The zero-order valence-corrected chi connectivity index (χ0v) is 45.0. The summed E-state index contributed by atoms with van der Waals surface area (Å²) in [6.07, 6.45) is 10.5. The number of carboxylic acids is 1. The van der Waals surface area contributed by atoms with Gasteiger partial charge in [0.05, 0.1) is 31.3 Å². The van der Waals surface area contributed by atoms with Gasteiger partial charge in [-0.1, -0.05) is 94.2 Å². The minimum absolute atomic E-state index is 0.0208. The number of aliphatic carboxylic acids is 1. The maximum atomic E-state index is 13.8. The maximum Gasteiger partial charge on any atom is 0.331 e. The molecule has 0 spiro atoms. The van der Waals surface area contributed by atoms with Crippen LogP contribution in [0.2, 0.25) is 0 Å². The fraction of sp³-hybridized carbons (Fsp3) is 0.750. The third-order valence-electron chi connectivity index (χ3n) is 13.4. The molecule has 3 rings (SSSR count). The highest BCUT2D eigenvalue weighted by Crippen LogP contribution is 2.28. The summed E-state index contributed by atoms with van der Waals surface area (Å²) in [6.45, 7) is 31.0. The molecule has 16 heteroatoms. The minimum Gasteiger partial charge on any atom is -0.478 e. The van der Waals surface area contributed by atoms with E-state index in [1.54, 1.807) is 41.8 Å². The molecule has 3 fully saturated rings. The van der Waals surface area contributed by atoms with Gasteiger partial charge in [-0.15, -0.1) is 13.2 Å². The van der Waals surface area contributed by atoms with Crippen molar-refractivity contribution >= 4 is 41.5 Å². The number of carbonyl (C=O) groups excluding carboxylic acids is 6. The van der Waals surface area contributed by atoms with E-state index >= 15 is 0 Å². The predicted octanol–water partition coefficient (Wildman–Crippen LogP) is 5.91. The number of nitrogens with one attached hydrogen (secondary N) is 2. The number of rotatable bonds is 15. The molecule has 16 nitrogen and oxygen atoms in total. The van der Waals surface area contributed by atoms with Crippen molar-refractivity contribution in [3.63, 3.8) is 0 Å². The highest BCUT2D eigenvalue weighted by Gasteiger charge is 2.41. The van der Waals surface area contributed by atoms with Crippen molar-refractivity contribution in [2.45, 2.75) is 177 Å². The van der Waals surface area contributed by atoms with E-state index in [9.17, 15) is 38.7 Å². The first-order valence-corrected chi connectivity index (χ1v) is 24.5. The summed E-state index contributed by atoms with van der Waals surface area (Å²) in [5.41, 5.74) is -0.313. The second-order valence-electron chi connectivity index (χ2n) is 21.7. The monoisotopic (exact) mass is 958 g/mol. The lowest BCUT2D eigenvalue weighted by atomic mass is 9.84. The van der Waals surface area contributed by atoms with Crippen LogP contribution in [0.5, 0.6) is 0 Å². The summed E-state index contributed by atoms with van der Waals surface area (Å²) in [4.78, 5) is 98.9. The van der Waals surface area contributed by atoms with Gasteiger partial charge in [0.25, 0.3) is 0 Å². The molecular formula is C52H91N7O9. The van der Waals surface area contributed by atoms with Crippen LogP contribution in [0.25, 0.3) is 0 Å². The van der Waals surface area contributed by atoms with Crippen LogP contribution in [0.3, 0.4) is 0 Å². The molecule has 0 bridgehead atoms. The van der Waals surface area contributed by atoms with Gasteiger partial charge in [0.2, 0.25) is 29.5 Å². The lowest BCUT2D eigenvalue weighted by molar-refractivity contribution is -0.149. The van der Waals surface area contributed by atoms with E-state index < -0.39 is 40.9 Å². The van der Waals surface area contributed by atoms with Crippen LogP contribution < -0.4 is 10.6 Å². The first-order chi connectivity index (χ1) is 31.5. The Kier molecular flexibility index (Phi) is 24.9. The largest absolute Gasteiger partial charge is 0.478 e. The molecule has 3 heterocycles. The fourth-order valence-electron chi connectivity index (χ4n) is 9.06. The molecule has 0 radical (unpaired) electrons. The molecule has 3 aliphatic rings. The molecule has 0 aromatic rings. The SMILES string of the molecule is C/C(=C\[C@H](C(C)C)N(C)C(=O)C(NC(=O)C1CCCCN1C)C(C)(C)C)C(=O)O.C=C.COC(=O)[C@@H]1CCCN1C(=O)/C(C)=C/[C@H](C(C)C)N(C)C(=O)C(NC(=O)C1CCCCN1C)C(C)(C)C. The number of ether oxygens (including phenoxy) is 1. The first-order valence-electron chi connectivity index (χ1n) is 24.5. The number of nitrogens with zero attached hydrogens (tertiary/aromatic N) is 5. The average molecular weight is 958 g/mol. The molecule has 4 unspecified atom stereocenters. The minimum atomic E-state index is -1.00. The van der Waals surface area contributed by atoms with Gasteiger partial charge >= 0.3 is 11.9 Å². The highest BCUT2D eigenvalue weighted by atomic mass is 16.5. The second-order valence-corrected chi connectivity index (χ2v) is 21.7. The number of piperidine rings is 2. The van der Waals surface area contributed by atoms with Crippen LogP contribution in [0.1, 0.15) is 134 Å². The van der Waals surface area contributed by atoms with Crippen molar-refractivity contribution in [2.24, 2.45) is 22.7 Å². The molecule has 68 heavy (non-hydrogen) atoms. The summed E-state index contributed by atoms with van der Waals surface area (Å²) < 4.78 is 4.88. The molecule has 7 atom stereocenters. The number of carboxylic acid groups (broad SMARTS) is 1. The molecule has 0 aliphatic carbocycles. The van der Waals surface area contributed by atoms with Gasteiger partial charge in [-0.2, -0.15) is 0 Å². The molecule has 5 amide bonds. The highest BCUT2D eigenvalue weighted by molar-refractivity contribution is 5.96. The molecule has 388 valence electrons. The van der Waals surface area contributed by atoms with Gasteiger partial charge < -0.3 is 35.2 Å². The van der Waals surface area contributed by atoms with Crippen molar-refractivity contribution in [3.8, 4) is 0 Å². The maximum absolute atomic E-state index is 13.8. The smallest absolute Gasteiger partial charge is 0.331 e. The van der Waals surface area contributed by atoms with Gasteiger partial charge in [0, 0.05) is 31.8 Å². The fourth-order valence-corrected chi connectivity index (χ4v) is 9.06. The Balaban J connectivity index is 0.000000675. The number of carbonyl (C=O) groups is 7. The van der Waals surface area contributed by atoms with Crippen LogP contribution >= 0.6 is 0 Å². The lowest BCUT2D eigenvalue weighted by Crippen LogP contribution is -2.59. The van der Waals surface area contributed by atoms with Crippen LogP contribution in [0, 0.1) is 22.7 Å². The van der Waals surface area contributed by atoms with Crippen LogP contribution in [0.4, 0.5) is 0 Å². The first kappa shape index (κ1) is 61.4. The number of hydrogen-bond donors (Lipinski definition) is 3. The summed E-state index contributed by atoms with van der Waals surface area (Å²) in [5.74, 6) is -2.22. The summed E-state index contributed by atoms with van der Waals surface area (Å²) in [7, 11) is 8.63. The number of hydrogen-bond acceptors (Lipinski definition) is 10. The van der Waals surface area contributed by atoms with E-state index in [2.05, 4.69) is 28.7 Å². The number of likely N-dealkylation sites (N-methyl/N-ethyl adjacent to an activating group) is 4. The number of esters is 1. The number of methoxy groups -OCH3 is 1. The zero-order chi connectivity index (χ0) is 52.6. The Labute approximate surface area is 409 Å². The number of likely N-dealkylation sites (tertiary alicyclic amines) is 3. The molecule has 0 aromatic heterocycles. The third-order valence-corrected chi connectivity index (χ3v) is 13.4. The lowest BCUT2D eigenvalue weighted by Gasteiger charge is -2.39. The van der Waals surface area contributed by atoms with Crippen molar-refractivity contribution in [1.29, 1.82) is 0 Å². The van der Waals surface area contributed by atoms with E-state index in [1.807, 2.05) is 94.3 Å². The molecule has 3 N–H and O–H groups in total. The van der Waals surface area contributed by atoms with Crippen LogP contribution in [0.15, 0.2) is 36.5 Å². The van der Waals surface area contributed by atoms with Gasteiger partial charge in [0.15, 0.2) is 0 Å². The van der Waals surface area contributed by atoms with Gasteiger partial charge in [-0.25, -0.2) is 9.59 Å². The quantitative estimate of drug-likeness (QED) is 0.101. The predicted molar refractivity (Wildman–Crippen MR) is 269 cm³/mol. The van der Waals surface area contributed by atoms with Gasteiger partial charge in [-0.05, 0) is 102 Å². The van der Waals surface area contributed by atoms with Crippen LogP contribution in [-0.2, 0) is 38.3 Å². The number of amides is 5. The van der Waals surface area contributed by atoms with E-state index in [0.717, 1.165) is 58.0 Å². The van der Waals surface area contributed by atoms with E-state index in [-0.39, 0.29) is 71.1 Å². The Morgan fingerprint density at radius 3 is 1.32 bits per heavy atom. The molecule has 0 aromatic carbocycles. The second kappa shape index (κ2) is 27.6. The Bertz CT molecular complexity index is 1780. The van der Waals surface area contributed by atoms with Crippen molar-refractivity contribution < 1.29 is 43.4 Å². The van der Waals surface area contributed by atoms with Gasteiger partial charge in [-0.3, -0.25) is 33.8 Å². The molecule has 0 saturated carbocycles. The molecule has 3 aliphatic heterocycles. The summed E-state index contributed by atoms with van der Waals surface area (Å²) in [5, 5.41) is 15.3. The average Bonchev–Trinajstić information content (AvgIpc) is 3.77.